The van der Waals surface area contributed by atoms with Crippen molar-refractivity contribution in [3.63, 3.8) is 0 Å². The molecule has 2 aromatic rings. The summed E-state index contributed by atoms with van der Waals surface area (Å²) in [5.41, 5.74) is 6.40. The highest BCUT2D eigenvalue weighted by Gasteiger charge is 2.23. The largest absolute Gasteiger partial charge is 0.303 e. The van der Waals surface area contributed by atoms with Gasteiger partial charge in [-0.2, -0.15) is 0 Å². The van der Waals surface area contributed by atoms with Crippen molar-refractivity contribution in [3.05, 3.63) is 70.5 Å². The minimum Gasteiger partial charge on any atom is -0.303 e. The molecular formula is C21H19FOS. The number of allylic oxidation sites excluding steroid dienone is 3. The summed E-state index contributed by atoms with van der Waals surface area (Å²) in [5.74, 6) is -0.240. The zero-order valence-corrected chi connectivity index (χ0v) is 14.6. The molecule has 0 unspecified atom stereocenters. The summed E-state index contributed by atoms with van der Waals surface area (Å²) < 4.78 is 13.7. The standard InChI is InChI=1S/C21H19FOS/c1-14-18(4-3-11-23)21-13-16(22)7-10-19(21)20(14)12-15-5-8-17(24-2)9-6-15/h5-13H,3-4H2,1-2H3. The summed E-state index contributed by atoms with van der Waals surface area (Å²) in [6, 6.07) is 13.3. The number of aldehydes is 1. The van der Waals surface area contributed by atoms with Gasteiger partial charge in [-0.25, -0.2) is 4.39 Å². The highest BCUT2D eigenvalue weighted by molar-refractivity contribution is 7.98. The first-order chi connectivity index (χ1) is 11.6. The summed E-state index contributed by atoms with van der Waals surface area (Å²) in [5, 5.41) is 0. The third-order valence-electron chi connectivity index (χ3n) is 4.39. The number of fused-ring (bicyclic) bond motifs is 1. The zero-order chi connectivity index (χ0) is 17.1. The lowest BCUT2D eigenvalue weighted by Gasteiger charge is -2.05. The van der Waals surface area contributed by atoms with E-state index in [0.29, 0.717) is 12.8 Å². The second-order valence-corrected chi connectivity index (χ2v) is 6.71. The minimum absolute atomic E-state index is 0.240. The first-order valence-corrected chi connectivity index (χ1v) is 9.16. The van der Waals surface area contributed by atoms with Crippen LogP contribution >= 0.6 is 11.8 Å². The normalized spacial score (nSPS) is 15.0. The van der Waals surface area contributed by atoms with E-state index in [4.69, 9.17) is 0 Å². The molecule has 0 N–H and O–H groups in total. The molecule has 0 fully saturated rings. The Labute approximate surface area is 146 Å². The third kappa shape index (κ3) is 3.22. The van der Waals surface area contributed by atoms with E-state index in [0.717, 1.165) is 39.7 Å². The van der Waals surface area contributed by atoms with E-state index in [1.165, 1.54) is 11.0 Å². The smallest absolute Gasteiger partial charge is 0.123 e. The van der Waals surface area contributed by atoms with E-state index in [1.807, 2.05) is 6.07 Å². The van der Waals surface area contributed by atoms with Crippen LogP contribution in [0.4, 0.5) is 4.39 Å². The molecular weight excluding hydrogens is 319 g/mol. The fourth-order valence-electron chi connectivity index (χ4n) is 3.15. The quantitative estimate of drug-likeness (QED) is 0.502. The summed E-state index contributed by atoms with van der Waals surface area (Å²) in [4.78, 5) is 12.0. The van der Waals surface area contributed by atoms with Crippen LogP contribution in [0.15, 0.2) is 52.9 Å². The molecule has 2 aromatic carbocycles. The Kier molecular flexibility index (Phi) is 5.00. The van der Waals surface area contributed by atoms with Gasteiger partial charge in [0.25, 0.3) is 0 Å². The van der Waals surface area contributed by atoms with Crippen molar-refractivity contribution in [2.45, 2.75) is 24.7 Å². The van der Waals surface area contributed by atoms with Crippen molar-refractivity contribution in [3.8, 4) is 0 Å². The van der Waals surface area contributed by atoms with Gasteiger partial charge in [0.2, 0.25) is 0 Å². The van der Waals surface area contributed by atoms with Gasteiger partial charge in [0.05, 0.1) is 0 Å². The molecule has 0 saturated carbocycles. The Morgan fingerprint density at radius 3 is 2.50 bits per heavy atom. The van der Waals surface area contributed by atoms with Gasteiger partial charge in [-0.05, 0) is 83.4 Å². The predicted octanol–water partition coefficient (Wildman–Crippen LogP) is 5.85. The van der Waals surface area contributed by atoms with Crippen LogP contribution in [0.3, 0.4) is 0 Å². The van der Waals surface area contributed by atoms with Crippen molar-refractivity contribution in [1.29, 1.82) is 0 Å². The lowest BCUT2D eigenvalue weighted by Crippen LogP contribution is -1.88. The predicted molar refractivity (Wildman–Crippen MR) is 100 cm³/mol. The summed E-state index contributed by atoms with van der Waals surface area (Å²) in [7, 11) is 0. The van der Waals surface area contributed by atoms with Crippen LogP contribution < -0.4 is 0 Å². The van der Waals surface area contributed by atoms with Crippen LogP contribution in [-0.4, -0.2) is 12.5 Å². The van der Waals surface area contributed by atoms with E-state index in [-0.39, 0.29) is 5.82 Å². The van der Waals surface area contributed by atoms with E-state index in [2.05, 4.69) is 43.5 Å². The van der Waals surface area contributed by atoms with Crippen molar-refractivity contribution in [2.24, 2.45) is 0 Å². The van der Waals surface area contributed by atoms with Crippen LogP contribution in [0.1, 0.15) is 36.5 Å². The number of thioether (sulfide) groups is 1. The van der Waals surface area contributed by atoms with Gasteiger partial charge in [-0.1, -0.05) is 18.2 Å². The molecule has 1 aliphatic carbocycles. The van der Waals surface area contributed by atoms with Crippen LogP contribution in [0.25, 0.3) is 17.2 Å². The van der Waals surface area contributed by atoms with Gasteiger partial charge in [-0.15, -0.1) is 11.8 Å². The second-order valence-electron chi connectivity index (χ2n) is 5.83. The van der Waals surface area contributed by atoms with Crippen LogP contribution in [-0.2, 0) is 4.79 Å². The Bertz CT molecular complexity index is 831. The molecule has 0 aromatic heterocycles. The SMILES string of the molecule is CSc1ccc(C=C2C(C)=C(CCC=O)c3cc(F)ccc32)cc1. The number of carbonyl (C=O) groups is 1. The van der Waals surface area contributed by atoms with E-state index >= 15 is 0 Å². The highest BCUT2D eigenvalue weighted by atomic mass is 32.2. The molecule has 0 aliphatic heterocycles. The van der Waals surface area contributed by atoms with E-state index < -0.39 is 0 Å². The Hall–Kier alpha value is -2.13. The zero-order valence-electron chi connectivity index (χ0n) is 13.8. The number of halogens is 1. The minimum atomic E-state index is -0.240. The Balaban J connectivity index is 2.07. The monoisotopic (exact) mass is 338 g/mol. The molecule has 1 nitrogen and oxygen atoms in total. The molecule has 3 rings (SSSR count). The maximum atomic E-state index is 13.7. The molecule has 0 radical (unpaired) electrons. The molecule has 3 heteroatoms. The van der Waals surface area contributed by atoms with E-state index in [9.17, 15) is 9.18 Å². The number of rotatable bonds is 5. The molecule has 0 heterocycles. The third-order valence-corrected chi connectivity index (χ3v) is 5.14. The van der Waals surface area contributed by atoms with Gasteiger partial charge in [0, 0.05) is 11.3 Å². The molecule has 1 aliphatic rings. The first kappa shape index (κ1) is 16.7. The van der Waals surface area contributed by atoms with E-state index in [1.54, 1.807) is 17.8 Å². The fourth-order valence-corrected chi connectivity index (χ4v) is 3.55. The molecule has 0 spiro atoms. The van der Waals surface area contributed by atoms with Gasteiger partial charge in [0.15, 0.2) is 0 Å². The van der Waals surface area contributed by atoms with Gasteiger partial charge in [0.1, 0.15) is 12.1 Å². The molecule has 24 heavy (non-hydrogen) atoms. The summed E-state index contributed by atoms with van der Waals surface area (Å²) in [6.07, 6.45) is 6.22. The summed E-state index contributed by atoms with van der Waals surface area (Å²) in [6.45, 7) is 2.06. The Morgan fingerprint density at radius 1 is 1.08 bits per heavy atom. The molecule has 0 amide bonds. The van der Waals surface area contributed by atoms with Crippen molar-refractivity contribution < 1.29 is 9.18 Å². The molecule has 0 saturated heterocycles. The van der Waals surface area contributed by atoms with Crippen LogP contribution in [0.2, 0.25) is 0 Å². The topological polar surface area (TPSA) is 17.1 Å². The average Bonchev–Trinajstić information content (AvgIpc) is 2.85. The summed E-state index contributed by atoms with van der Waals surface area (Å²) >= 11 is 1.72. The van der Waals surface area contributed by atoms with Crippen LogP contribution in [0, 0.1) is 5.82 Å². The average molecular weight is 338 g/mol. The Morgan fingerprint density at radius 2 is 1.83 bits per heavy atom. The number of hydrogen-bond donors (Lipinski definition) is 0. The maximum Gasteiger partial charge on any atom is 0.123 e. The van der Waals surface area contributed by atoms with Gasteiger partial charge < -0.3 is 4.79 Å². The van der Waals surface area contributed by atoms with Crippen molar-refractivity contribution in [2.75, 3.05) is 6.26 Å². The molecule has 0 atom stereocenters. The van der Waals surface area contributed by atoms with Crippen molar-refractivity contribution in [1.82, 2.24) is 0 Å². The van der Waals surface area contributed by atoms with Gasteiger partial charge in [-0.3, -0.25) is 0 Å². The molecule has 0 bridgehead atoms. The molecule has 122 valence electrons. The lowest BCUT2D eigenvalue weighted by molar-refractivity contribution is -0.107. The maximum absolute atomic E-state index is 13.7. The van der Waals surface area contributed by atoms with Gasteiger partial charge >= 0.3 is 0 Å². The highest BCUT2D eigenvalue weighted by Crippen LogP contribution is 2.44. The van der Waals surface area contributed by atoms with Crippen molar-refractivity contribution >= 4 is 35.3 Å². The lowest BCUT2D eigenvalue weighted by atomic mass is 10.0. The number of carbonyl (C=O) groups excluding carboxylic acids is 1. The second kappa shape index (κ2) is 7.18. The van der Waals surface area contributed by atoms with Crippen LogP contribution in [0.5, 0.6) is 0 Å². The number of hydrogen-bond acceptors (Lipinski definition) is 2. The number of benzene rings is 2. The first-order valence-electron chi connectivity index (χ1n) is 7.94. The fraction of sp³-hybridized carbons (Fsp3) is 0.190.